The van der Waals surface area contributed by atoms with Crippen molar-refractivity contribution in [3.63, 3.8) is 0 Å². The molecule has 2 aliphatic rings. The molecule has 3 heteroatoms. The Labute approximate surface area is 106 Å². The Bertz CT molecular complexity index is 217. The van der Waals surface area contributed by atoms with Gasteiger partial charge in [0.15, 0.2) is 0 Å². The Balaban J connectivity index is 1.64. The Hall–Kier alpha value is -0.120. The van der Waals surface area contributed by atoms with Gasteiger partial charge in [-0.25, -0.2) is 0 Å². The van der Waals surface area contributed by atoms with Crippen LogP contribution < -0.4 is 5.73 Å². The second-order valence-electron chi connectivity index (χ2n) is 6.23. The highest BCUT2D eigenvalue weighted by Crippen LogP contribution is 2.29. The Morgan fingerprint density at radius 3 is 2.47 bits per heavy atom. The van der Waals surface area contributed by atoms with Gasteiger partial charge in [-0.2, -0.15) is 0 Å². The van der Waals surface area contributed by atoms with Crippen molar-refractivity contribution < 1.29 is 4.74 Å². The lowest BCUT2D eigenvalue weighted by atomic mass is 9.84. The SMILES string of the molecule is CN(CCC1CCCCC1)CC1(CN)COC1. The molecule has 2 rings (SSSR count). The summed E-state index contributed by atoms with van der Waals surface area (Å²) < 4.78 is 5.32. The molecule has 0 atom stereocenters. The highest BCUT2D eigenvalue weighted by atomic mass is 16.5. The number of hydrogen-bond acceptors (Lipinski definition) is 3. The van der Waals surface area contributed by atoms with Gasteiger partial charge >= 0.3 is 0 Å². The molecule has 0 aromatic heterocycles. The minimum Gasteiger partial charge on any atom is -0.380 e. The van der Waals surface area contributed by atoms with Crippen molar-refractivity contribution in [2.75, 3.05) is 39.9 Å². The fraction of sp³-hybridized carbons (Fsp3) is 1.00. The molecule has 1 heterocycles. The summed E-state index contributed by atoms with van der Waals surface area (Å²) in [7, 11) is 2.23. The fourth-order valence-corrected chi connectivity index (χ4v) is 3.19. The monoisotopic (exact) mass is 240 g/mol. The number of rotatable bonds is 6. The molecular weight excluding hydrogens is 212 g/mol. The standard InChI is InChI=1S/C14H28N2O/c1-16(10-14(9-15)11-17-12-14)8-7-13-5-3-2-4-6-13/h13H,2-12,15H2,1H3. The van der Waals surface area contributed by atoms with Crippen LogP contribution >= 0.6 is 0 Å². The Kier molecular flexibility index (Phi) is 4.83. The number of ether oxygens (including phenoxy) is 1. The molecule has 1 saturated heterocycles. The van der Waals surface area contributed by atoms with Gasteiger partial charge in [0.05, 0.1) is 13.2 Å². The van der Waals surface area contributed by atoms with Gasteiger partial charge in [0.25, 0.3) is 0 Å². The van der Waals surface area contributed by atoms with Crippen molar-refractivity contribution >= 4 is 0 Å². The van der Waals surface area contributed by atoms with E-state index in [1.807, 2.05) is 0 Å². The molecule has 0 aromatic rings. The summed E-state index contributed by atoms with van der Waals surface area (Å²) in [6.45, 7) is 4.82. The van der Waals surface area contributed by atoms with Crippen molar-refractivity contribution in [1.29, 1.82) is 0 Å². The molecule has 0 aromatic carbocycles. The van der Waals surface area contributed by atoms with E-state index >= 15 is 0 Å². The third-order valence-electron chi connectivity index (χ3n) is 4.50. The third kappa shape index (κ3) is 3.67. The summed E-state index contributed by atoms with van der Waals surface area (Å²) in [4.78, 5) is 2.46. The molecule has 1 aliphatic heterocycles. The van der Waals surface area contributed by atoms with Gasteiger partial charge in [-0.3, -0.25) is 0 Å². The molecule has 0 radical (unpaired) electrons. The zero-order valence-corrected chi connectivity index (χ0v) is 11.3. The largest absolute Gasteiger partial charge is 0.380 e. The van der Waals surface area contributed by atoms with Crippen LogP contribution in [0.2, 0.25) is 0 Å². The van der Waals surface area contributed by atoms with E-state index in [-0.39, 0.29) is 5.41 Å². The lowest BCUT2D eigenvalue weighted by molar-refractivity contribution is -0.118. The van der Waals surface area contributed by atoms with Gasteiger partial charge in [-0.05, 0) is 25.9 Å². The van der Waals surface area contributed by atoms with E-state index in [4.69, 9.17) is 10.5 Å². The summed E-state index contributed by atoms with van der Waals surface area (Å²) in [5, 5.41) is 0. The van der Waals surface area contributed by atoms with Crippen molar-refractivity contribution in [3.8, 4) is 0 Å². The summed E-state index contributed by atoms with van der Waals surface area (Å²) in [5.41, 5.74) is 6.11. The molecule has 3 nitrogen and oxygen atoms in total. The van der Waals surface area contributed by atoms with E-state index in [1.54, 1.807) is 0 Å². The van der Waals surface area contributed by atoms with Gasteiger partial charge < -0.3 is 15.4 Å². The summed E-state index contributed by atoms with van der Waals surface area (Å²) in [6, 6.07) is 0. The second-order valence-corrected chi connectivity index (χ2v) is 6.23. The summed E-state index contributed by atoms with van der Waals surface area (Å²) in [5.74, 6) is 0.984. The molecule has 0 amide bonds. The maximum atomic E-state index is 5.85. The van der Waals surface area contributed by atoms with E-state index in [0.29, 0.717) is 0 Å². The van der Waals surface area contributed by atoms with Crippen LogP contribution in [0.4, 0.5) is 0 Å². The minimum absolute atomic E-state index is 0.265. The molecule has 2 fully saturated rings. The molecule has 2 N–H and O–H groups in total. The van der Waals surface area contributed by atoms with Crippen LogP contribution in [0.25, 0.3) is 0 Å². The van der Waals surface area contributed by atoms with Crippen LogP contribution in [0.1, 0.15) is 38.5 Å². The lowest BCUT2D eigenvalue weighted by Crippen LogP contribution is -2.54. The van der Waals surface area contributed by atoms with Crippen molar-refractivity contribution in [1.82, 2.24) is 4.90 Å². The van der Waals surface area contributed by atoms with Crippen molar-refractivity contribution in [3.05, 3.63) is 0 Å². The second kappa shape index (κ2) is 6.17. The quantitative estimate of drug-likeness (QED) is 0.770. The zero-order chi connectivity index (χ0) is 12.1. The maximum Gasteiger partial charge on any atom is 0.0569 e. The topological polar surface area (TPSA) is 38.5 Å². The van der Waals surface area contributed by atoms with Crippen LogP contribution in [-0.4, -0.2) is 44.8 Å². The summed E-state index contributed by atoms with van der Waals surface area (Å²) in [6.07, 6.45) is 8.65. The average molecular weight is 240 g/mol. The highest BCUT2D eigenvalue weighted by Gasteiger charge is 2.38. The molecule has 0 spiro atoms. The molecule has 1 saturated carbocycles. The zero-order valence-electron chi connectivity index (χ0n) is 11.3. The number of nitrogens with zero attached hydrogens (tertiary/aromatic N) is 1. The van der Waals surface area contributed by atoms with E-state index < -0.39 is 0 Å². The number of hydrogen-bond donors (Lipinski definition) is 1. The van der Waals surface area contributed by atoms with Crippen LogP contribution in [0, 0.1) is 11.3 Å². The normalized spacial score (nSPS) is 24.9. The third-order valence-corrected chi connectivity index (χ3v) is 4.50. The predicted molar refractivity (Wildman–Crippen MR) is 71.0 cm³/mol. The van der Waals surface area contributed by atoms with Crippen molar-refractivity contribution in [2.24, 2.45) is 17.1 Å². The lowest BCUT2D eigenvalue weighted by Gasteiger charge is -2.43. The summed E-state index contributed by atoms with van der Waals surface area (Å²) >= 11 is 0. The van der Waals surface area contributed by atoms with Crippen LogP contribution in [0.5, 0.6) is 0 Å². The van der Waals surface area contributed by atoms with Crippen molar-refractivity contribution in [2.45, 2.75) is 38.5 Å². The first-order valence-electron chi connectivity index (χ1n) is 7.20. The smallest absolute Gasteiger partial charge is 0.0569 e. The minimum atomic E-state index is 0.265. The van der Waals surface area contributed by atoms with E-state index in [9.17, 15) is 0 Å². The molecule has 0 bridgehead atoms. The van der Waals surface area contributed by atoms with E-state index in [1.165, 1.54) is 45.1 Å². The first kappa shape index (κ1) is 13.3. The van der Waals surface area contributed by atoms with Crippen LogP contribution in [0.3, 0.4) is 0 Å². The van der Waals surface area contributed by atoms with Gasteiger partial charge in [-0.1, -0.05) is 32.1 Å². The predicted octanol–water partition coefficient (Wildman–Crippen LogP) is 1.86. The van der Waals surface area contributed by atoms with Gasteiger partial charge in [-0.15, -0.1) is 0 Å². The molecule has 100 valence electrons. The number of nitrogens with two attached hydrogens (primary N) is 1. The Morgan fingerprint density at radius 1 is 1.24 bits per heavy atom. The van der Waals surface area contributed by atoms with Crippen LogP contribution in [0.15, 0.2) is 0 Å². The maximum absolute atomic E-state index is 5.85. The van der Waals surface area contributed by atoms with Crippen LogP contribution in [-0.2, 0) is 4.74 Å². The van der Waals surface area contributed by atoms with E-state index in [2.05, 4.69) is 11.9 Å². The van der Waals surface area contributed by atoms with Gasteiger partial charge in [0, 0.05) is 18.5 Å². The van der Waals surface area contributed by atoms with Gasteiger partial charge in [0.1, 0.15) is 0 Å². The Morgan fingerprint density at radius 2 is 1.94 bits per heavy atom. The first-order valence-corrected chi connectivity index (χ1v) is 7.20. The fourth-order valence-electron chi connectivity index (χ4n) is 3.19. The van der Waals surface area contributed by atoms with E-state index in [0.717, 1.165) is 32.2 Å². The molecule has 17 heavy (non-hydrogen) atoms. The highest BCUT2D eigenvalue weighted by molar-refractivity contribution is 4.89. The average Bonchev–Trinajstić information content (AvgIpc) is 2.33. The first-order chi connectivity index (χ1) is 8.24. The van der Waals surface area contributed by atoms with Gasteiger partial charge in [0.2, 0.25) is 0 Å². The molecule has 0 unspecified atom stereocenters. The molecule has 1 aliphatic carbocycles. The molecular formula is C14H28N2O.